The third-order valence-corrected chi connectivity index (χ3v) is 5.88. The van der Waals surface area contributed by atoms with Crippen molar-refractivity contribution in [1.29, 1.82) is 0 Å². The van der Waals surface area contributed by atoms with Gasteiger partial charge >= 0.3 is 0 Å². The van der Waals surface area contributed by atoms with Crippen LogP contribution in [0.1, 0.15) is 27.0 Å². The van der Waals surface area contributed by atoms with Gasteiger partial charge in [-0.2, -0.15) is 0 Å². The summed E-state index contributed by atoms with van der Waals surface area (Å²) in [5.41, 5.74) is 2.89. The first-order valence-electron chi connectivity index (χ1n) is 11.7. The third kappa shape index (κ3) is 6.21. The summed E-state index contributed by atoms with van der Waals surface area (Å²) in [4.78, 5) is 12.7. The van der Waals surface area contributed by atoms with Crippen LogP contribution in [0.3, 0.4) is 0 Å². The zero-order valence-electron chi connectivity index (χ0n) is 22.4. The Labute approximate surface area is 222 Å². The van der Waals surface area contributed by atoms with E-state index >= 15 is 0 Å². The Morgan fingerprint density at radius 3 is 1.87 bits per heavy atom. The Bertz CT molecular complexity index is 1320. The van der Waals surface area contributed by atoms with Crippen molar-refractivity contribution in [2.75, 3.05) is 42.7 Å². The van der Waals surface area contributed by atoms with Crippen LogP contribution in [-0.2, 0) is 6.42 Å². The summed E-state index contributed by atoms with van der Waals surface area (Å²) in [6.07, 6.45) is 7.47. The van der Waals surface area contributed by atoms with Crippen LogP contribution in [0.5, 0.6) is 40.2 Å². The van der Waals surface area contributed by atoms with Gasteiger partial charge in [-0.1, -0.05) is 24.3 Å². The number of phenolic OH excluding ortho intramolecular Hbond substituents is 1. The largest absolute Gasteiger partial charge is 0.504 e. The molecule has 0 saturated carbocycles. The highest BCUT2D eigenvalue weighted by Gasteiger charge is 2.15. The van der Waals surface area contributed by atoms with Gasteiger partial charge in [0.2, 0.25) is 5.75 Å². The van der Waals surface area contributed by atoms with E-state index in [9.17, 15) is 9.90 Å². The second kappa shape index (κ2) is 13.1. The number of phenols is 1. The first-order chi connectivity index (χ1) is 18.4. The molecular weight excluding hydrogens is 488 g/mol. The Morgan fingerprint density at radius 1 is 0.711 bits per heavy atom. The molecule has 0 fully saturated rings. The third-order valence-electron chi connectivity index (χ3n) is 5.88. The molecule has 0 aromatic heterocycles. The van der Waals surface area contributed by atoms with E-state index in [1.165, 1.54) is 19.3 Å². The zero-order valence-corrected chi connectivity index (χ0v) is 22.4. The normalized spacial score (nSPS) is 11.0. The number of ketones is 1. The SMILES string of the molecule is COc1ccc(C(=O)/C=C\Cc2c(/C=C\c3cc(OC)c(OC)c(OC)c3)ccc(OC)c2OC)cc1O. The zero-order chi connectivity index (χ0) is 27.7. The lowest BCUT2D eigenvalue weighted by Gasteiger charge is -2.15. The van der Waals surface area contributed by atoms with Crippen LogP contribution in [-0.4, -0.2) is 53.5 Å². The molecule has 0 aliphatic rings. The molecule has 0 bridgehead atoms. The average molecular weight is 521 g/mol. The molecule has 0 saturated heterocycles. The molecule has 0 heterocycles. The van der Waals surface area contributed by atoms with Gasteiger partial charge in [-0.05, 0) is 60.0 Å². The average Bonchev–Trinajstić information content (AvgIpc) is 2.95. The number of benzene rings is 3. The van der Waals surface area contributed by atoms with E-state index < -0.39 is 0 Å². The molecule has 3 rings (SSSR count). The van der Waals surface area contributed by atoms with E-state index in [1.807, 2.05) is 36.4 Å². The second-order valence-electron chi connectivity index (χ2n) is 8.02. The first kappa shape index (κ1) is 28.0. The number of rotatable bonds is 12. The molecule has 0 spiro atoms. The maximum atomic E-state index is 12.7. The van der Waals surface area contributed by atoms with Gasteiger partial charge in [-0.25, -0.2) is 0 Å². The predicted octanol–water partition coefficient (Wildman–Crippen LogP) is 5.60. The summed E-state index contributed by atoms with van der Waals surface area (Å²) in [7, 11) is 9.29. The lowest BCUT2D eigenvalue weighted by Crippen LogP contribution is -1.99. The minimum Gasteiger partial charge on any atom is -0.504 e. The molecule has 0 unspecified atom stereocenters. The molecule has 8 nitrogen and oxygen atoms in total. The number of aromatic hydroxyl groups is 1. The van der Waals surface area contributed by atoms with Gasteiger partial charge in [-0.3, -0.25) is 4.79 Å². The van der Waals surface area contributed by atoms with E-state index in [1.54, 1.807) is 53.8 Å². The summed E-state index contributed by atoms with van der Waals surface area (Å²) >= 11 is 0. The molecule has 0 aliphatic carbocycles. The molecule has 200 valence electrons. The van der Waals surface area contributed by atoms with Crippen molar-refractivity contribution in [3.63, 3.8) is 0 Å². The van der Waals surface area contributed by atoms with Crippen molar-refractivity contribution < 1.29 is 38.3 Å². The lowest BCUT2D eigenvalue weighted by atomic mass is 10.00. The molecule has 1 N–H and O–H groups in total. The lowest BCUT2D eigenvalue weighted by molar-refractivity contribution is 0.104. The molecule has 0 radical (unpaired) electrons. The fourth-order valence-electron chi connectivity index (χ4n) is 3.98. The maximum absolute atomic E-state index is 12.7. The van der Waals surface area contributed by atoms with Crippen molar-refractivity contribution in [2.24, 2.45) is 0 Å². The van der Waals surface area contributed by atoms with Gasteiger partial charge in [0.1, 0.15) is 0 Å². The number of ether oxygens (including phenoxy) is 6. The summed E-state index contributed by atoms with van der Waals surface area (Å²) in [5, 5.41) is 9.99. The molecule has 0 atom stereocenters. The number of allylic oxidation sites excluding steroid dienone is 2. The highest BCUT2D eigenvalue weighted by atomic mass is 16.5. The monoisotopic (exact) mass is 520 g/mol. The fraction of sp³-hybridized carbons (Fsp3) is 0.233. The van der Waals surface area contributed by atoms with Crippen LogP contribution in [0, 0.1) is 0 Å². The quantitative estimate of drug-likeness (QED) is 0.188. The highest BCUT2D eigenvalue weighted by molar-refractivity contribution is 6.04. The number of methoxy groups -OCH3 is 6. The van der Waals surface area contributed by atoms with Gasteiger partial charge in [0.25, 0.3) is 0 Å². The molecule has 8 heteroatoms. The number of hydrogen-bond donors (Lipinski definition) is 1. The Hall–Kier alpha value is -4.59. The summed E-state index contributed by atoms with van der Waals surface area (Å²) in [6.45, 7) is 0. The van der Waals surface area contributed by atoms with E-state index in [4.69, 9.17) is 28.4 Å². The Morgan fingerprint density at radius 2 is 1.32 bits per heavy atom. The molecule has 3 aromatic carbocycles. The predicted molar refractivity (Wildman–Crippen MR) is 146 cm³/mol. The van der Waals surface area contributed by atoms with Crippen LogP contribution in [0.25, 0.3) is 12.2 Å². The summed E-state index contributed by atoms with van der Waals surface area (Å²) in [6, 6.07) is 12.0. The minimum atomic E-state index is -0.251. The first-order valence-corrected chi connectivity index (χ1v) is 11.7. The Kier molecular flexibility index (Phi) is 9.65. The molecule has 0 amide bonds. The van der Waals surface area contributed by atoms with Crippen LogP contribution < -0.4 is 28.4 Å². The standard InChI is InChI=1S/C30H32O8/c1-33-25-14-13-21(18-24(25)32)23(31)9-7-8-22-20(12-15-26(34-2)29(22)37-5)11-10-19-16-27(35-3)30(38-6)28(17-19)36-4/h7,9-18,32H,8H2,1-6H3/b9-7-,11-10-. The van der Waals surface area contributed by atoms with E-state index in [2.05, 4.69) is 0 Å². The second-order valence-corrected chi connectivity index (χ2v) is 8.02. The number of carbonyl (C=O) groups excluding carboxylic acids is 1. The maximum Gasteiger partial charge on any atom is 0.203 e. The fourth-order valence-corrected chi connectivity index (χ4v) is 3.98. The molecule has 0 aliphatic heterocycles. The molecule has 38 heavy (non-hydrogen) atoms. The highest BCUT2D eigenvalue weighted by Crippen LogP contribution is 2.39. The smallest absolute Gasteiger partial charge is 0.203 e. The van der Waals surface area contributed by atoms with E-state index in [0.29, 0.717) is 46.5 Å². The molecule has 3 aromatic rings. The molecular formula is C30H32O8. The van der Waals surface area contributed by atoms with Crippen molar-refractivity contribution in [1.82, 2.24) is 0 Å². The number of carbonyl (C=O) groups is 1. The van der Waals surface area contributed by atoms with Gasteiger partial charge < -0.3 is 33.5 Å². The van der Waals surface area contributed by atoms with Gasteiger partial charge in [0.15, 0.2) is 40.3 Å². The Balaban J connectivity index is 1.94. The minimum absolute atomic E-state index is 0.0968. The summed E-state index contributed by atoms with van der Waals surface area (Å²) < 4.78 is 32.5. The summed E-state index contributed by atoms with van der Waals surface area (Å²) in [5.74, 6) is 2.70. The number of hydrogen-bond acceptors (Lipinski definition) is 8. The van der Waals surface area contributed by atoms with E-state index in [-0.39, 0.29) is 11.5 Å². The van der Waals surface area contributed by atoms with Crippen LogP contribution in [0.2, 0.25) is 0 Å². The van der Waals surface area contributed by atoms with Crippen LogP contribution in [0.15, 0.2) is 54.6 Å². The topological polar surface area (TPSA) is 92.7 Å². The van der Waals surface area contributed by atoms with Crippen LogP contribution >= 0.6 is 0 Å². The van der Waals surface area contributed by atoms with Crippen molar-refractivity contribution in [2.45, 2.75) is 6.42 Å². The van der Waals surface area contributed by atoms with Gasteiger partial charge in [0.05, 0.1) is 42.7 Å². The van der Waals surface area contributed by atoms with Gasteiger partial charge in [0, 0.05) is 11.1 Å². The van der Waals surface area contributed by atoms with Crippen LogP contribution in [0.4, 0.5) is 0 Å². The van der Waals surface area contributed by atoms with Crippen molar-refractivity contribution >= 4 is 17.9 Å². The van der Waals surface area contributed by atoms with Crippen molar-refractivity contribution in [3.8, 4) is 40.2 Å². The van der Waals surface area contributed by atoms with Crippen molar-refractivity contribution in [3.05, 3.63) is 76.9 Å². The van der Waals surface area contributed by atoms with E-state index in [0.717, 1.165) is 16.7 Å². The van der Waals surface area contributed by atoms with Gasteiger partial charge in [-0.15, -0.1) is 0 Å².